The molecule has 1 aliphatic heterocycles. The van der Waals surface area contributed by atoms with Crippen LogP contribution in [-0.4, -0.2) is 50.9 Å². The van der Waals surface area contributed by atoms with Gasteiger partial charge in [-0.2, -0.15) is 9.29 Å². The molecular formula is C19H18N6O5S. The molecule has 4 heterocycles. The minimum absolute atomic E-state index is 0.0381. The van der Waals surface area contributed by atoms with Gasteiger partial charge in [0, 0.05) is 31.9 Å². The summed E-state index contributed by atoms with van der Waals surface area (Å²) in [5.41, 5.74) is 1.18. The Morgan fingerprint density at radius 3 is 3.00 bits per heavy atom. The molecular weight excluding hydrogens is 424 g/mol. The predicted molar refractivity (Wildman–Crippen MR) is 107 cm³/mol. The Labute approximate surface area is 176 Å². The number of fused-ring (bicyclic) bond motifs is 1. The molecule has 3 aromatic heterocycles. The molecule has 1 aromatic carbocycles. The highest BCUT2D eigenvalue weighted by Crippen LogP contribution is 2.27. The Balaban J connectivity index is 1.32. The van der Waals surface area contributed by atoms with Crippen LogP contribution in [0.5, 0.6) is 0 Å². The van der Waals surface area contributed by atoms with E-state index in [2.05, 4.69) is 25.1 Å². The van der Waals surface area contributed by atoms with Crippen LogP contribution in [0.4, 0.5) is 0 Å². The lowest BCUT2D eigenvalue weighted by molar-refractivity contribution is 0.247. The molecule has 0 bridgehead atoms. The molecule has 0 radical (unpaired) electrons. The van der Waals surface area contributed by atoms with Gasteiger partial charge < -0.3 is 8.94 Å². The van der Waals surface area contributed by atoms with E-state index >= 15 is 0 Å². The maximum absolute atomic E-state index is 13.2. The highest BCUT2D eigenvalue weighted by Gasteiger charge is 2.31. The van der Waals surface area contributed by atoms with Crippen molar-refractivity contribution < 1.29 is 17.4 Å². The number of nitrogens with zero attached hydrogens (tertiary/aromatic N) is 5. The van der Waals surface area contributed by atoms with E-state index in [4.69, 9.17) is 8.94 Å². The molecule has 31 heavy (non-hydrogen) atoms. The van der Waals surface area contributed by atoms with Crippen LogP contribution >= 0.6 is 0 Å². The first-order valence-corrected chi connectivity index (χ1v) is 11.1. The summed E-state index contributed by atoms with van der Waals surface area (Å²) >= 11 is 0. The van der Waals surface area contributed by atoms with E-state index in [0.29, 0.717) is 48.0 Å². The molecule has 12 heteroatoms. The summed E-state index contributed by atoms with van der Waals surface area (Å²) < 4.78 is 38.1. The van der Waals surface area contributed by atoms with Crippen molar-refractivity contribution >= 4 is 21.1 Å². The maximum atomic E-state index is 13.2. The van der Waals surface area contributed by atoms with Crippen molar-refractivity contribution in [1.29, 1.82) is 0 Å². The average molecular weight is 442 g/mol. The van der Waals surface area contributed by atoms with Crippen molar-refractivity contribution in [3.05, 3.63) is 53.2 Å². The van der Waals surface area contributed by atoms with Crippen molar-refractivity contribution in [3.63, 3.8) is 0 Å². The van der Waals surface area contributed by atoms with Crippen molar-refractivity contribution in [3.8, 4) is 11.5 Å². The van der Waals surface area contributed by atoms with E-state index in [0.717, 1.165) is 12.8 Å². The summed E-state index contributed by atoms with van der Waals surface area (Å²) in [6.07, 6.45) is 6.69. The second-order valence-electron chi connectivity index (χ2n) is 7.35. The number of hydrogen-bond acceptors (Lipinski definition) is 9. The molecule has 0 amide bonds. The smallest absolute Gasteiger partial charge is 0.408 e. The topological polar surface area (TPSA) is 148 Å². The standard InChI is InChI=1S/C19H18N6O5S/c26-19-22-14-9-13(3-4-16(14)29-19)31(27,28)25-7-1-2-12(11-25)8-17-23-18(24-30-17)15-10-20-5-6-21-15/h3-6,9-10,12H,1-2,7-8,11H2,(H,22,26)/t12-/m1/s1. The van der Waals surface area contributed by atoms with Crippen molar-refractivity contribution in [2.75, 3.05) is 13.1 Å². The van der Waals surface area contributed by atoms with Crippen LogP contribution in [0.3, 0.4) is 0 Å². The molecule has 1 fully saturated rings. The van der Waals surface area contributed by atoms with Gasteiger partial charge in [0.15, 0.2) is 5.58 Å². The van der Waals surface area contributed by atoms with Crippen LogP contribution in [0.2, 0.25) is 0 Å². The quantitative estimate of drug-likeness (QED) is 0.486. The molecule has 1 atom stereocenters. The van der Waals surface area contributed by atoms with E-state index in [1.54, 1.807) is 18.6 Å². The summed E-state index contributed by atoms with van der Waals surface area (Å²) in [7, 11) is -3.72. The Hall–Kier alpha value is -3.38. The zero-order chi connectivity index (χ0) is 21.4. The summed E-state index contributed by atoms with van der Waals surface area (Å²) in [5, 5.41) is 3.94. The predicted octanol–water partition coefficient (Wildman–Crippen LogP) is 1.60. The second-order valence-corrected chi connectivity index (χ2v) is 9.29. The lowest BCUT2D eigenvalue weighted by Crippen LogP contribution is -2.40. The van der Waals surface area contributed by atoms with Crippen LogP contribution < -0.4 is 5.76 Å². The number of aromatic nitrogens is 5. The molecule has 0 unspecified atom stereocenters. The van der Waals surface area contributed by atoms with Gasteiger partial charge in [0.2, 0.25) is 21.7 Å². The van der Waals surface area contributed by atoms with E-state index < -0.39 is 15.8 Å². The monoisotopic (exact) mass is 442 g/mol. The molecule has 4 aromatic rings. The fourth-order valence-corrected chi connectivity index (χ4v) is 5.34. The van der Waals surface area contributed by atoms with Gasteiger partial charge in [-0.05, 0) is 37.0 Å². The zero-order valence-corrected chi connectivity index (χ0v) is 17.1. The largest absolute Gasteiger partial charge is 0.417 e. The van der Waals surface area contributed by atoms with E-state index in [-0.39, 0.29) is 10.8 Å². The number of oxazole rings is 1. The second kappa shape index (κ2) is 7.71. The SMILES string of the molecule is O=c1[nH]c2cc(S(=O)(=O)N3CCC[C@H](Cc4nc(-c5cnccn5)no4)C3)ccc2o1. The van der Waals surface area contributed by atoms with Crippen molar-refractivity contribution in [2.45, 2.75) is 24.2 Å². The molecule has 5 rings (SSSR count). The lowest BCUT2D eigenvalue weighted by Gasteiger charge is -2.31. The van der Waals surface area contributed by atoms with E-state index in [1.165, 1.54) is 22.5 Å². The number of sulfonamides is 1. The fourth-order valence-electron chi connectivity index (χ4n) is 3.76. The van der Waals surface area contributed by atoms with Crippen LogP contribution in [-0.2, 0) is 16.4 Å². The third kappa shape index (κ3) is 3.86. The van der Waals surface area contributed by atoms with Gasteiger partial charge in [0.1, 0.15) is 5.69 Å². The average Bonchev–Trinajstić information content (AvgIpc) is 3.39. The maximum Gasteiger partial charge on any atom is 0.417 e. The normalized spacial score (nSPS) is 17.9. The number of nitrogens with one attached hydrogen (secondary N) is 1. The Morgan fingerprint density at radius 1 is 1.26 bits per heavy atom. The minimum atomic E-state index is -3.72. The molecule has 0 saturated carbocycles. The number of aromatic amines is 1. The van der Waals surface area contributed by atoms with E-state index in [9.17, 15) is 13.2 Å². The first-order chi connectivity index (χ1) is 15.0. The van der Waals surface area contributed by atoms with Crippen molar-refractivity contribution in [1.82, 2.24) is 29.4 Å². The van der Waals surface area contributed by atoms with Gasteiger partial charge in [0.25, 0.3) is 0 Å². The van der Waals surface area contributed by atoms with Crippen LogP contribution in [0.1, 0.15) is 18.7 Å². The van der Waals surface area contributed by atoms with Crippen molar-refractivity contribution in [2.24, 2.45) is 5.92 Å². The highest BCUT2D eigenvalue weighted by molar-refractivity contribution is 7.89. The summed E-state index contributed by atoms with van der Waals surface area (Å²) in [6.45, 7) is 0.762. The van der Waals surface area contributed by atoms with Crippen LogP contribution in [0.15, 0.2) is 55.4 Å². The Kier molecular flexibility index (Phi) is 4.87. The molecule has 1 N–H and O–H groups in total. The number of piperidine rings is 1. The van der Waals surface area contributed by atoms with Crippen LogP contribution in [0.25, 0.3) is 22.6 Å². The molecule has 0 aliphatic carbocycles. The van der Waals surface area contributed by atoms with Gasteiger partial charge in [-0.3, -0.25) is 9.97 Å². The fraction of sp³-hybridized carbons (Fsp3) is 0.316. The summed E-state index contributed by atoms with van der Waals surface area (Å²) in [4.78, 5) is 26.5. The molecule has 0 spiro atoms. The molecule has 160 valence electrons. The zero-order valence-electron chi connectivity index (χ0n) is 16.3. The Bertz CT molecular complexity index is 1380. The molecule has 11 nitrogen and oxygen atoms in total. The molecule has 1 saturated heterocycles. The number of H-pyrrole nitrogens is 1. The molecule has 1 aliphatic rings. The highest BCUT2D eigenvalue weighted by atomic mass is 32.2. The summed E-state index contributed by atoms with van der Waals surface area (Å²) in [5.74, 6) is 0.201. The first-order valence-electron chi connectivity index (χ1n) is 9.71. The van der Waals surface area contributed by atoms with Gasteiger partial charge in [-0.1, -0.05) is 5.16 Å². The first kappa shape index (κ1) is 19.6. The Morgan fingerprint density at radius 2 is 2.16 bits per heavy atom. The van der Waals surface area contributed by atoms with Gasteiger partial charge in [0.05, 0.1) is 16.6 Å². The number of hydrogen-bond donors (Lipinski definition) is 1. The third-order valence-electron chi connectivity index (χ3n) is 5.23. The summed E-state index contributed by atoms with van der Waals surface area (Å²) in [6, 6.07) is 4.35. The minimum Gasteiger partial charge on any atom is -0.408 e. The number of rotatable bonds is 5. The van der Waals surface area contributed by atoms with Gasteiger partial charge in [-0.15, -0.1) is 0 Å². The number of benzene rings is 1. The third-order valence-corrected chi connectivity index (χ3v) is 7.09. The van der Waals surface area contributed by atoms with E-state index in [1.807, 2.05) is 0 Å². The van der Waals surface area contributed by atoms with Gasteiger partial charge >= 0.3 is 5.76 Å². The van der Waals surface area contributed by atoms with Crippen LogP contribution in [0, 0.1) is 5.92 Å². The van der Waals surface area contributed by atoms with Gasteiger partial charge in [-0.25, -0.2) is 18.2 Å². The lowest BCUT2D eigenvalue weighted by atomic mass is 9.96.